The molecule has 2 saturated heterocycles. The molecule has 0 radical (unpaired) electrons. The van der Waals surface area contributed by atoms with Crippen molar-refractivity contribution in [3.63, 3.8) is 0 Å². The van der Waals surface area contributed by atoms with Crippen LogP contribution in [-0.4, -0.2) is 60.9 Å². The summed E-state index contributed by atoms with van der Waals surface area (Å²) in [5.41, 5.74) is -0.797. The third-order valence-electron chi connectivity index (χ3n) is 4.13. The number of amides is 1. The van der Waals surface area contributed by atoms with E-state index in [1.165, 1.54) is 0 Å². The summed E-state index contributed by atoms with van der Waals surface area (Å²) in [7, 11) is 0. The lowest BCUT2D eigenvalue weighted by atomic mass is 9.90. The predicted octanol–water partition coefficient (Wildman–Crippen LogP) is 0.895. The van der Waals surface area contributed by atoms with E-state index in [-0.39, 0.29) is 12.0 Å². The minimum absolute atomic E-state index is 0.0256. The predicted molar refractivity (Wildman–Crippen MR) is 71.3 cm³/mol. The molecule has 6 nitrogen and oxygen atoms in total. The van der Waals surface area contributed by atoms with Gasteiger partial charge >= 0.3 is 5.97 Å². The first-order valence-electron chi connectivity index (χ1n) is 7.22. The molecule has 6 heteroatoms. The first kappa shape index (κ1) is 15.3. The van der Waals surface area contributed by atoms with E-state index in [0.717, 1.165) is 19.4 Å². The zero-order valence-electron chi connectivity index (χ0n) is 12.0. The Morgan fingerprint density at radius 2 is 2.30 bits per heavy atom. The van der Waals surface area contributed by atoms with Crippen LogP contribution in [0.25, 0.3) is 0 Å². The van der Waals surface area contributed by atoms with E-state index in [0.29, 0.717) is 39.1 Å². The minimum atomic E-state index is -0.831. The molecule has 0 aromatic heterocycles. The highest BCUT2D eigenvalue weighted by atomic mass is 16.5. The number of carbonyl (C=O) groups is 2. The van der Waals surface area contributed by atoms with E-state index in [4.69, 9.17) is 14.6 Å². The molecule has 0 saturated carbocycles. The van der Waals surface area contributed by atoms with E-state index in [2.05, 4.69) is 0 Å². The maximum absolute atomic E-state index is 12.0. The summed E-state index contributed by atoms with van der Waals surface area (Å²) < 4.78 is 10.9. The second-order valence-corrected chi connectivity index (χ2v) is 5.89. The fraction of sp³-hybridized carbons (Fsp3) is 0.857. The molecule has 0 aromatic carbocycles. The van der Waals surface area contributed by atoms with Crippen molar-refractivity contribution in [1.82, 2.24) is 4.90 Å². The van der Waals surface area contributed by atoms with Crippen LogP contribution in [0.2, 0.25) is 0 Å². The van der Waals surface area contributed by atoms with Crippen molar-refractivity contribution in [2.75, 3.05) is 32.9 Å². The van der Waals surface area contributed by atoms with Gasteiger partial charge in [0.25, 0.3) is 0 Å². The van der Waals surface area contributed by atoms with Crippen LogP contribution in [0.3, 0.4) is 0 Å². The standard InChI is InChI=1S/C14H23NO5/c1-14(13(17)18)5-6-15(10-14)12(16)4-8-19-9-11-3-2-7-20-11/h11H,2-10H2,1H3,(H,17,18)/t11-,14-/m1/s1. The molecule has 0 bridgehead atoms. The normalized spacial score (nSPS) is 29.9. The van der Waals surface area contributed by atoms with Gasteiger partial charge in [-0.15, -0.1) is 0 Å². The number of hydrogen-bond donors (Lipinski definition) is 1. The zero-order chi connectivity index (χ0) is 14.6. The average Bonchev–Trinajstić information content (AvgIpc) is 3.04. The van der Waals surface area contributed by atoms with Gasteiger partial charge in [-0.25, -0.2) is 0 Å². The van der Waals surface area contributed by atoms with Crippen molar-refractivity contribution in [1.29, 1.82) is 0 Å². The van der Waals surface area contributed by atoms with Crippen molar-refractivity contribution in [3.8, 4) is 0 Å². The van der Waals surface area contributed by atoms with E-state index in [1.54, 1.807) is 11.8 Å². The summed E-state index contributed by atoms with van der Waals surface area (Å²) in [4.78, 5) is 24.7. The smallest absolute Gasteiger partial charge is 0.311 e. The quantitative estimate of drug-likeness (QED) is 0.734. The molecular formula is C14H23NO5. The molecule has 20 heavy (non-hydrogen) atoms. The summed E-state index contributed by atoms with van der Waals surface area (Å²) in [5.74, 6) is -0.857. The van der Waals surface area contributed by atoms with Crippen LogP contribution in [0.1, 0.15) is 32.6 Å². The Kier molecular flexibility index (Phi) is 4.99. The van der Waals surface area contributed by atoms with Crippen LogP contribution in [0.4, 0.5) is 0 Å². The van der Waals surface area contributed by atoms with Crippen molar-refractivity contribution < 1.29 is 24.2 Å². The molecule has 0 spiro atoms. The Morgan fingerprint density at radius 1 is 1.50 bits per heavy atom. The molecule has 2 atom stereocenters. The number of carboxylic acids is 1. The van der Waals surface area contributed by atoms with E-state index in [9.17, 15) is 9.59 Å². The van der Waals surface area contributed by atoms with Gasteiger partial charge < -0.3 is 19.5 Å². The molecule has 2 heterocycles. The van der Waals surface area contributed by atoms with Crippen molar-refractivity contribution >= 4 is 11.9 Å². The molecule has 1 N–H and O–H groups in total. The largest absolute Gasteiger partial charge is 0.481 e. The van der Waals surface area contributed by atoms with Gasteiger partial charge in [0, 0.05) is 19.7 Å². The number of aliphatic carboxylic acids is 1. The molecule has 114 valence electrons. The lowest BCUT2D eigenvalue weighted by Crippen LogP contribution is -2.35. The van der Waals surface area contributed by atoms with Crippen LogP contribution in [0, 0.1) is 5.41 Å². The SMILES string of the molecule is C[C@@]1(C(=O)O)CCN(C(=O)CCOC[C@H]2CCCO2)C1. The van der Waals surface area contributed by atoms with Crippen LogP contribution in [0.15, 0.2) is 0 Å². The number of nitrogens with zero attached hydrogens (tertiary/aromatic N) is 1. The molecule has 2 fully saturated rings. The van der Waals surface area contributed by atoms with Gasteiger partial charge in [0.15, 0.2) is 0 Å². The summed E-state index contributed by atoms with van der Waals surface area (Å²) >= 11 is 0. The van der Waals surface area contributed by atoms with E-state index < -0.39 is 11.4 Å². The Morgan fingerprint density at radius 3 is 2.90 bits per heavy atom. The van der Waals surface area contributed by atoms with Gasteiger partial charge in [0.05, 0.1) is 31.2 Å². The third-order valence-corrected chi connectivity index (χ3v) is 4.13. The first-order chi connectivity index (χ1) is 9.51. The summed E-state index contributed by atoms with van der Waals surface area (Å²) in [6.07, 6.45) is 3.10. The number of carbonyl (C=O) groups excluding carboxylic acids is 1. The molecule has 0 unspecified atom stereocenters. The maximum atomic E-state index is 12.0. The van der Waals surface area contributed by atoms with Crippen molar-refractivity contribution in [2.24, 2.45) is 5.41 Å². The van der Waals surface area contributed by atoms with Gasteiger partial charge in [-0.2, -0.15) is 0 Å². The van der Waals surface area contributed by atoms with E-state index >= 15 is 0 Å². The molecule has 0 aliphatic carbocycles. The fourth-order valence-electron chi connectivity index (χ4n) is 2.66. The minimum Gasteiger partial charge on any atom is -0.481 e. The lowest BCUT2D eigenvalue weighted by Gasteiger charge is -2.20. The number of carboxylic acid groups (broad SMARTS) is 1. The van der Waals surface area contributed by atoms with Gasteiger partial charge in [-0.05, 0) is 26.2 Å². The maximum Gasteiger partial charge on any atom is 0.311 e. The van der Waals surface area contributed by atoms with Crippen LogP contribution in [-0.2, 0) is 19.1 Å². The molecule has 2 aliphatic heterocycles. The summed E-state index contributed by atoms with van der Waals surface area (Å²) in [6, 6.07) is 0. The fourth-order valence-corrected chi connectivity index (χ4v) is 2.66. The number of rotatable bonds is 6. The Bertz CT molecular complexity index is 367. The Hall–Kier alpha value is -1.14. The van der Waals surface area contributed by atoms with Crippen LogP contribution in [0.5, 0.6) is 0 Å². The summed E-state index contributed by atoms with van der Waals surface area (Å²) in [5, 5.41) is 9.13. The monoisotopic (exact) mass is 285 g/mol. The van der Waals surface area contributed by atoms with Crippen LogP contribution < -0.4 is 0 Å². The Labute approximate surface area is 119 Å². The van der Waals surface area contributed by atoms with Gasteiger partial charge in [0.1, 0.15) is 0 Å². The Balaban J connectivity index is 1.64. The molecule has 0 aromatic rings. The zero-order valence-corrected chi connectivity index (χ0v) is 12.0. The highest BCUT2D eigenvalue weighted by molar-refractivity contribution is 5.80. The number of hydrogen-bond acceptors (Lipinski definition) is 4. The average molecular weight is 285 g/mol. The van der Waals surface area contributed by atoms with Crippen LogP contribution >= 0.6 is 0 Å². The topological polar surface area (TPSA) is 76.1 Å². The first-order valence-corrected chi connectivity index (χ1v) is 7.22. The number of ether oxygens (including phenoxy) is 2. The third kappa shape index (κ3) is 3.70. The molecule has 1 amide bonds. The van der Waals surface area contributed by atoms with Crippen molar-refractivity contribution in [2.45, 2.75) is 38.7 Å². The van der Waals surface area contributed by atoms with Crippen molar-refractivity contribution in [3.05, 3.63) is 0 Å². The second kappa shape index (κ2) is 6.54. The molecule has 2 rings (SSSR count). The molecular weight excluding hydrogens is 262 g/mol. The number of likely N-dealkylation sites (tertiary alicyclic amines) is 1. The van der Waals surface area contributed by atoms with E-state index in [1.807, 2.05) is 0 Å². The highest BCUT2D eigenvalue weighted by Crippen LogP contribution is 2.30. The van der Waals surface area contributed by atoms with Gasteiger partial charge in [-0.3, -0.25) is 9.59 Å². The molecule has 2 aliphatic rings. The summed E-state index contributed by atoms with van der Waals surface area (Å²) in [6.45, 7) is 4.23. The lowest BCUT2D eigenvalue weighted by molar-refractivity contribution is -0.147. The van der Waals surface area contributed by atoms with Gasteiger partial charge in [0.2, 0.25) is 5.91 Å². The highest BCUT2D eigenvalue weighted by Gasteiger charge is 2.41. The second-order valence-electron chi connectivity index (χ2n) is 5.89. The van der Waals surface area contributed by atoms with Gasteiger partial charge in [-0.1, -0.05) is 0 Å².